The molecular formula is C20H22N4O2. The van der Waals surface area contributed by atoms with Crippen LogP contribution in [-0.2, 0) is 11.8 Å². The molecule has 2 aromatic carbocycles. The SMILES string of the molecule is CC[C@H](NNC(=O)c1cn(C)c2ccccc12)C(=O)Nc1ccccc1. The van der Waals surface area contributed by atoms with Gasteiger partial charge in [-0.05, 0) is 24.6 Å². The van der Waals surface area contributed by atoms with Crippen LogP contribution in [0.4, 0.5) is 5.69 Å². The van der Waals surface area contributed by atoms with E-state index in [2.05, 4.69) is 16.2 Å². The van der Waals surface area contributed by atoms with Gasteiger partial charge in [0.15, 0.2) is 0 Å². The maximum absolute atomic E-state index is 12.6. The number of aromatic nitrogens is 1. The van der Waals surface area contributed by atoms with E-state index in [9.17, 15) is 9.59 Å². The third-order valence-electron chi connectivity index (χ3n) is 4.27. The molecule has 0 spiro atoms. The van der Waals surface area contributed by atoms with E-state index < -0.39 is 6.04 Å². The zero-order chi connectivity index (χ0) is 18.5. The van der Waals surface area contributed by atoms with Gasteiger partial charge < -0.3 is 9.88 Å². The maximum Gasteiger partial charge on any atom is 0.267 e. The molecule has 2 amide bonds. The lowest BCUT2D eigenvalue weighted by atomic mass is 10.1. The van der Waals surface area contributed by atoms with Crippen LogP contribution < -0.4 is 16.2 Å². The molecule has 1 atom stereocenters. The lowest BCUT2D eigenvalue weighted by Gasteiger charge is -2.17. The minimum atomic E-state index is -0.533. The molecule has 0 aliphatic heterocycles. The van der Waals surface area contributed by atoms with E-state index in [0.717, 1.165) is 16.6 Å². The van der Waals surface area contributed by atoms with Gasteiger partial charge in [0.25, 0.3) is 5.91 Å². The van der Waals surface area contributed by atoms with Crippen molar-refractivity contribution in [1.29, 1.82) is 0 Å². The predicted molar refractivity (Wildman–Crippen MR) is 103 cm³/mol. The molecular weight excluding hydrogens is 328 g/mol. The van der Waals surface area contributed by atoms with E-state index >= 15 is 0 Å². The summed E-state index contributed by atoms with van der Waals surface area (Å²) in [4.78, 5) is 24.9. The first-order valence-electron chi connectivity index (χ1n) is 8.56. The van der Waals surface area contributed by atoms with Gasteiger partial charge in [-0.15, -0.1) is 0 Å². The van der Waals surface area contributed by atoms with Gasteiger partial charge in [-0.25, -0.2) is 5.43 Å². The fourth-order valence-corrected chi connectivity index (χ4v) is 2.85. The van der Waals surface area contributed by atoms with Crippen LogP contribution in [0.3, 0.4) is 0 Å². The number of aryl methyl sites for hydroxylation is 1. The summed E-state index contributed by atoms with van der Waals surface area (Å²) in [6.07, 6.45) is 2.32. The number of hydrazine groups is 1. The second kappa shape index (κ2) is 7.84. The molecule has 0 fully saturated rings. The van der Waals surface area contributed by atoms with Crippen LogP contribution in [0.5, 0.6) is 0 Å². The first-order valence-corrected chi connectivity index (χ1v) is 8.56. The van der Waals surface area contributed by atoms with E-state index in [1.807, 2.05) is 73.1 Å². The van der Waals surface area contributed by atoms with Crippen molar-refractivity contribution in [2.45, 2.75) is 19.4 Å². The first kappa shape index (κ1) is 17.7. The lowest BCUT2D eigenvalue weighted by Crippen LogP contribution is -2.49. The zero-order valence-electron chi connectivity index (χ0n) is 14.8. The van der Waals surface area contributed by atoms with Crippen molar-refractivity contribution >= 4 is 28.4 Å². The van der Waals surface area contributed by atoms with Crippen LogP contribution in [0.15, 0.2) is 60.8 Å². The normalized spacial score (nSPS) is 11.9. The molecule has 0 bridgehead atoms. The number of amides is 2. The Morgan fingerprint density at radius 2 is 1.73 bits per heavy atom. The van der Waals surface area contributed by atoms with E-state index in [1.54, 1.807) is 6.20 Å². The van der Waals surface area contributed by atoms with Crippen molar-refractivity contribution in [3.63, 3.8) is 0 Å². The standard InChI is InChI=1S/C20H22N4O2/c1-3-17(20(26)21-14-9-5-4-6-10-14)22-23-19(25)16-13-24(2)18-12-8-7-11-15(16)18/h4-13,17,22H,3H2,1-2H3,(H,21,26)(H,23,25)/t17-/m0/s1. The van der Waals surface area contributed by atoms with Crippen molar-refractivity contribution in [2.75, 3.05) is 5.32 Å². The van der Waals surface area contributed by atoms with Gasteiger partial charge in [0.1, 0.15) is 6.04 Å². The van der Waals surface area contributed by atoms with Crippen LogP contribution in [0, 0.1) is 0 Å². The third kappa shape index (κ3) is 3.75. The van der Waals surface area contributed by atoms with Crippen LogP contribution in [0.2, 0.25) is 0 Å². The molecule has 0 aliphatic rings. The average Bonchev–Trinajstić information content (AvgIpc) is 3.00. The van der Waals surface area contributed by atoms with Crippen LogP contribution >= 0.6 is 0 Å². The van der Waals surface area contributed by atoms with Gasteiger partial charge in [0, 0.05) is 29.8 Å². The minimum Gasteiger partial charge on any atom is -0.350 e. The lowest BCUT2D eigenvalue weighted by molar-refractivity contribution is -0.118. The summed E-state index contributed by atoms with van der Waals surface area (Å²) in [6.45, 7) is 1.88. The van der Waals surface area contributed by atoms with Gasteiger partial charge in [0.05, 0.1) is 5.56 Å². The predicted octanol–water partition coefficient (Wildman–Crippen LogP) is 2.83. The fraction of sp³-hybridized carbons (Fsp3) is 0.200. The number of hydrogen-bond donors (Lipinski definition) is 3. The zero-order valence-corrected chi connectivity index (χ0v) is 14.8. The highest BCUT2D eigenvalue weighted by Gasteiger charge is 2.19. The summed E-state index contributed by atoms with van der Waals surface area (Å²) in [5, 5.41) is 3.70. The van der Waals surface area contributed by atoms with Crippen molar-refractivity contribution in [3.05, 3.63) is 66.4 Å². The number of hydrogen-bond acceptors (Lipinski definition) is 3. The molecule has 1 heterocycles. The van der Waals surface area contributed by atoms with Crippen LogP contribution in [0.25, 0.3) is 10.9 Å². The summed E-state index contributed by atoms with van der Waals surface area (Å²) in [6, 6.07) is 16.4. The number of carbonyl (C=O) groups excluding carboxylic acids is 2. The van der Waals surface area contributed by atoms with Crippen LogP contribution in [-0.4, -0.2) is 22.4 Å². The number of benzene rings is 2. The van der Waals surface area contributed by atoms with Crippen molar-refractivity contribution in [1.82, 2.24) is 15.4 Å². The highest BCUT2D eigenvalue weighted by Crippen LogP contribution is 2.19. The summed E-state index contributed by atoms with van der Waals surface area (Å²) in [5.41, 5.74) is 7.76. The first-order chi connectivity index (χ1) is 12.6. The van der Waals surface area contributed by atoms with Crippen molar-refractivity contribution < 1.29 is 9.59 Å². The van der Waals surface area contributed by atoms with Gasteiger partial charge in [-0.2, -0.15) is 0 Å². The highest BCUT2D eigenvalue weighted by atomic mass is 16.2. The summed E-state index contributed by atoms with van der Waals surface area (Å²) in [7, 11) is 1.90. The molecule has 3 rings (SSSR count). The van der Waals surface area contributed by atoms with E-state index in [0.29, 0.717) is 12.0 Å². The van der Waals surface area contributed by atoms with E-state index in [1.165, 1.54) is 0 Å². The summed E-state index contributed by atoms with van der Waals surface area (Å²) in [5.74, 6) is -0.468. The molecule has 0 saturated carbocycles. The molecule has 0 unspecified atom stereocenters. The van der Waals surface area contributed by atoms with E-state index in [-0.39, 0.29) is 11.8 Å². The Hall–Kier alpha value is -3.12. The summed E-state index contributed by atoms with van der Waals surface area (Å²) < 4.78 is 1.91. The molecule has 0 saturated heterocycles. The molecule has 26 heavy (non-hydrogen) atoms. The van der Waals surface area contributed by atoms with Gasteiger partial charge in [0.2, 0.25) is 5.91 Å². The third-order valence-corrected chi connectivity index (χ3v) is 4.27. The number of nitrogens with zero attached hydrogens (tertiary/aromatic N) is 1. The van der Waals surface area contributed by atoms with Crippen molar-refractivity contribution in [2.24, 2.45) is 7.05 Å². The highest BCUT2D eigenvalue weighted by molar-refractivity contribution is 6.07. The molecule has 6 heteroatoms. The maximum atomic E-state index is 12.6. The summed E-state index contributed by atoms with van der Waals surface area (Å²) >= 11 is 0. The second-order valence-corrected chi connectivity index (χ2v) is 6.09. The number of anilines is 1. The Labute approximate surface area is 152 Å². The van der Waals surface area contributed by atoms with Crippen molar-refractivity contribution in [3.8, 4) is 0 Å². The Kier molecular flexibility index (Phi) is 5.34. The second-order valence-electron chi connectivity index (χ2n) is 6.09. The Bertz CT molecular complexity index is 918. The molecule has 3 aromatic rings. The molecule has 134 valence electrons. The fourth-order valence-electron chi connectivity index (χ4n) is 2.85. The quantitative estimate of drug-likeness (QED) is 0.599. The average molecular weight is 350 g/mol. The molecule has 6 nitrogen and oxygen atoms in total. The number of para-hydroxylation sites is 2. The molecule has 0 aliphatic carbocycles. The Morgan fingerprint density at radius 1 is 1.04 bits per heavy atom. The Morgan fingerprint density at radius 3 is 2.46 bits per heavy atom. The number of carbonyl (C=O) groups is 2. The topological polar surface area (TPSA) is 75.2 Å². The van der Waals surface area contributed by atoms with Gasteiger partial charge >= 0.3 is 0 Å². The molecule has 3 N–H and O–H groups in total. The Balaban J connectivity index is 1.66. The largest absolute Gasteiger partial charge is 0.350 e. The smallest absolute Gasteiger partial charge is 0.267 e. The van der Waals surface area contributed by atoms with Crippen LogP contribution in [0.1, 0.15) is 23.7 Å². The molecule has 1 aromatic heterocycles. The number of rotatable bonds is 6. The van der Waals surface area contributed by atoms with Gasteiger partial charge in [-0.1, -0.05) is 43.3 Å². The van der Waals surface area contributed by atoms with E-state index in [4.69, 9.17) is 0 Å². The molecule has 0 radical (unpaired) electrons. The monoisotopic (exact) mass is 350 g/mol. The minimum absolute atomic E-state index is 0.197. The number of nitrogens with one attached hydrogen (secondary N) is 3. The van der Waals surface area contributed by atoms with Gasteiger partial charge in [-0.3, -0.25) is 15.0 Å². The number of fused-ring (bicyclic) bond motifs is 1.